The maximum atomic E-state index is 5.20. The molecule has 0 bridgehead atoms. The zero-order valence-electron chi connectivity index (χ0n) is 28.6. The predicted molar refractivity (Wildman–Crippen MR) is 205 cm³/mol. The molecule has 0 radical (unpaired) electrons. The van der Waals surface area contributed by atoms with Crippen LogP contribution in [0.3, 0.4) is 0 Å². The summed E-state index contributed by atoms with van der Waals surface area (Å²) in [6, 6.07) is 48.8. The van der Waals surface area contributed by atoms with Crippen LogP contribution in [0, 0.1) is 0 Å². The first-order valence-electron chi connectivity index (χ1n) is 16.9. The summed E-state index contributed by atoms with van der Waals surface area (Å²) in [4.78, 5) is 19.9. The maximum absolute atomic E-state index is 5.20. The fourth-order valence-electron chi connectivity index (χ4n) is 6.87. The molecule has 238 valence electrons. The van der Waals surface area contributed by atoms with Gasteiger partial charge in [0.25, 0.3) is 0 Å². The van der Waals surface area contributed by atoms with Crippen LogP contribution in [0.1, 0.15) is 25.0 Å². The van der Waals surface area contributed by atoms with Crippen molar-refractivity contribution in [3.05, 3.63) is 151 Å². The first-order chi connectivity index (χ1) is 23.6. The highest BCUT2D eigenvalue weighted by Crippen LogP contribution is 2.49. The third kappa shape index (κ3) is 5.70. The van der Waals surface area contributed by atoms with Gasteiger partial charge in [0.1, 0.15) is 0 Å². The van der Waals surface area contributed by atoms with E-state index in [9.17, 15) is 0 Å². The lowest BCUT2D eigenvalue weighted by Gasteiger charge is -2.24. The molecule has 5 heteroatoms. The Labute approximate surface area is 289 Å². The van der Waals surface area contributed by atoms with E-state index in [0.29, 0.717) is 17.5 Å². The van der Waals surface area contributed by atoms with Crippen LogP contribution in [-0.2, 0) is 5.41 Å². The van der Waals surface area contributed by atoms with Crippen molar-refractivity contribution >= 4 is 13.3 Å². The molecule has 0 unspecified atom stereocenters. The van der Waals surface area contributed by atoms with E-state index < -0.39 is 8.07 Å². The van der Waals surface area contributed by atoms with Crippen molar-refractivity contribution in [2.45, 2.75) is 38.9 Å². The lowest BCUT2D eigenvalue weighted by atomic mass is 9.82. The smallest absolute Gasteiger partial charge is 0.164 e. The molecule has 49 heavy (non-hydrogen) atoms. The Morgan fingerprint density at radius 1 is 0.408 bits per heavy atom. The number of benzene rings is 5. The molecule has 1 aliphatic rings. The van der Waals surface area contributed by atoms with E-state index in [2.05, 4.69) is 112 Å². The summed E-state index contributed by atoms with van der Waals surface area (Å²) in [7, 11) is -1.43. The summed E-state index contributed by atoms with van der Waals surface area (Å²) in [5.74, 6) is 1.92. The Kier molecular flexibility index (Phi) is 7.46. The standard InChI is InChI=1S/C44H38N4Si/c1-44(2)37-27-32(22-24-35(37)36-25-23-34(28-38(36)44)49(3,4)5)40-21-13-20-39(45-40)31-18-12-19-33(26-31)43-47-41(29-14-8-6-9-15-29)46-42(48-43)30-16-10-7-11-17-30/h6-28H,1-5H3. The number of aromatic nitrogens is 4. The van der Waals surface area contributed by atoms with E-state index in [1.54, 1.807) is 0 Å². The normalized spacial score (nSPS) is 13.2. The molecular formula is C44H38N4Si. The van der Waals surface area contributed by atoms with Crippen molar-refractivity contribution in [2.24, 2.45) is 0 Å². The van der Waals surface area contributed by atoms with Gasteiger partial charge in [0.2, 0.25) is 0 Å². The third-order valence-corrected chi connectivity index (χ3v) is 11.7. The number of hydrogen-bond donors (Lipinski definition) is 0. The van der Waals surface area contributed by atoms with E-state index in [4.69, 9.17) is 19.9 Å². The third-order valence-electron chi connectivity index (χ3n) is 9.70. The second kappa shape index (κ2) is 11.9. The van der Waals surface area contributed by atoms with Crippen LogP contribution in [-0.4, -0.2) is 28.0 Å². The number of nitrogens with zero attached hydrogens (tertiary/aromatic N) is 4. The van der Waals surface area contributed by atoms with Crippen LogP contribution in [0.4, 0.5) is 0 Å². The maximum Gasteiger partial charge on any atom is 0.164 e. The van der Waals surface area contributed by atoms with Crippen molar-refractivity contribution < 1.29 is 0 Å². The van der Waals surface area contributed by atoms with Crippen LogP contribution in [0.15, 0.2) is 140 Å². The summed E-state index contributed by atoms with van der Waals surface area (Å²) in [5.41, 5.74) is 12.2. The highest BCUT2D eigenvalue weighted by Gasteiger charge is 2.36. The molecule has 0 saturated heterocycles. The predicted octanol–water partition coefficient (Wildman–Crippen LogP) is 10.5. The first kappa shape index (κ1) is 30.8. The van der Waals surface area contributed by atoms with Gasteiger partial charge in [-0.1, -0.05) is 154 Å². The Hall–Kier alpha value is -5.52. The Bertz CT molecular complexity index is 2280. The van der Waals surface area contributed by atoms with Gasteiger partial charge in [0.05, 0.1) is 19.5 Å². The fraction of sp³-hybridized carbons (Fsp3) is 0.136. The Morgan fingerprint density at radius 3 is 1.47 bits per heavy atom. The number of rotatable bonds is 6. The number of hydrogen-bond acceptors (Lipinski definition) is 4. The van der Waals surface area contributed by atoms with Crippen LogP contribution in [0.5, 0.6) is 0 Å². The highest BCUT2D eigenvalue weighted by molar-refractivity contribution is 6.88. The second-order valence-electron chi connectivity index (χ2n) is 14.4. The topological polar surface area (TPSA) is 51.6 Å². The molecule has 0 saturated carbocycles. The molecule has 0 aliphatic heterocycles. The molecule has 0 fully saturated rings. The minimum absolute atomic E-state index is 0.0793. The summed E-state index contributed by atoms with van der Waals surface area (Å²) >= 11 is 0. The average molecular weight is 651 g/mol. The van der Waals surface area contributed by atoms with E-state index >= 15 is 0 Å². The van der Waals surface area contributed by atoms with E-state index in [-0.39, 0.29) is 5.41 Å². The Balaban J connectivity index is 1.16. The molecule has 7 aromatic rings. The van der Waals surface area contributed by atoms with Crippen molar-refractivity contribution in [3.63, 3.8) is 0 Å². The van der Waals surface area contributed by atoms with E-state index in [1.165, 1.54) is 27.4 Å². The van der Waals surface area contributed by atoms with Crippen molar-refractivity contribution in [2.75, 3.05) is 0 Å². The largest absolute Gasteiger partial charge is 0.248 e. The van der Waals surface area contributed by atoms with E-state index in [1.807, 2.05) is 60.7 Å². The van der Waals surface area contributed by atoms with Gasteiger partial charge in [-0.05, 0) is 46.5 Å². The van der Waals surface area contributed by atoms with Crippen LogP contribution in [0.2, 0.25) is 19.6 Å². The number of fused-ring (bicyclic) bond motifs is 3. The molecular weight excluding hydrogens is 613 g/mol. The molecule has 0 spiro atoms. The van der Waals surface area contributed by atoms with Gasteiger partial charge in [-0.15, -0.1) is 0 Å². The summed E-state index contributed by atoms with van der Waals surface area (Å²) in [6.07, 6.45) is 0. The van der Waals surface area contributed by atoms with Crippen molar-refractivity contribution in [1.29, 1.82) is 0 Å². The van der Waals surface area contributed by atoms with Crippen molar-refractivity contribution in [3.8, 4) is 67.8 Å². The van der Waals surface area contributed by atoms with Gasteiger partial charge < -0.3 is 0 Å². The molecule has 4 nitrogen and oxygen atoms in total. The van der Waals surface area contributed by atoms with Crippen LogP contribution < -0.4 is 5.19 Å². The fourth-order valence-corrected chi connectivity index (χ4v) is 8.04. The van der Waals surface area contributed by atoms with Gasteiger partial charge in [-0.3, -0.25) is 0 Å². The summed E-state index contributed by atoms with van der Waals surface area (Å²) < 4.78 is 0. The van der Waals surface area contributed by atoms with Gasteiger partial charge in [-0.25, -0.2) is 19.9 Å². The minimum Gasteiger partial charge on any atom is -0.248 e. The van der Waals surface area contributed by atoms with Crippen LogP contribution in [0.25, 0.3) is 67.8 Å². The highest BCUT2D eigenvalue weighted by atomic mass is 28.3. The first-order valence-corrected chi connectivity index (χ1v) is 20.4. The SMILES string of the molecule is CC1(C)c2cc(-c3cccc(-c4cccc(-c5nc(-c6ccccc6)nc(-c6ccccc6)n5)c4)n3)ccc2-c2ccc([Si](C)(C)C)cc21. The Morgan fingerprint density at radius 2 is 0.878 bits per heavy atom. The molecule has 8 rings (SSSR count). The van der Waals surface area contributed by atoms with Crippen LogP contribution >= 0.6 is 0 Å². The molecule has 2 aromatic heterocycles. The molecule has 0 amide bonds. The molecule has 5 aromatic carbocycles. The number of pyridine rings is 1. The minimum atomic E-state index is -1.43. The lowest BCUT2D eigenvalue weighted by molar-refractivity contribution is 0.661. The molecule has 2 heterocycles. The van der Waals surface area contributed by atoms with Gasteiger partial charge in [0.15, 0.2) is 17.5 Å². The monoisotopic (exact) mass is 650 g/mol. The average Bonchev–Trinajstić information content (AvgIpc) is 3.37. The quantitative estimate of drug-likeness (QED) is 0.168. The zero-order valence-corrected chi connectivity index (χ0v) is 29.6. The van der Waals surface area contributed by atoms with Gasteiger partial charge in [0, 0.05) is 33.2 Å². The van der Waals surface area contributed by atoms with E-state index in [0.717, 1.165) is 39.2 Å². The zero-order chi connectivity index (χ0) is 33.8. The second-order valence-corrected chi connectivity index (χ2v) is 19.5. The summed E-state index contributed by atoms with van der Waals surface area (Å²) in [5, 5.41) is 1.51. The molecule has 0 atom stereocenters. The molecule has 1 aliphatic carbocycles. The summed E-state index contributed by atoms with van der Waals surface area (Å²) in [6.45, 7) is 12.0. The van der Waals surface area contributed by atoms with Crippen molar-refractivity contribution in [1.82, 2.24) is 19.9 Å². The van der Waals surface area contributed by atoms with Gasteiger partial charge >= 0.3 is 0 Å². The van der Waals surface area contributed by atoms with Gasteiger partial charge in [-0.2, -0.15) is 0 Å². The lowest BCUT2D eigenvalue weighted by Crippen LogP contribution is -2.38. The molecule has 0 N–H and O–H groups in total.